The van der Waals surface area contributed by atoms with Gasteiger partial charge in [0.25, 0.3) is 0 Å². The Kier molecular flexibility index (Phi) is 16.0. The van der Waals surface area contributed by atoms with E-state index in [0.717, 1.165) is 133 Å². The van der Waals surface area contributed by atoms with Gasteiger partial charge in [-0.25, -0.2) is 29.9 Å². The number of benzene rings is 19. The normalized spacial score (nSPS) is 14.1. The molecular formula is C129H78N12. The van der Waals surface area contributed by atoms with Gasteiger partial charge in [-0.3, -0.25) is 13.7 Å². The van der Waals surface area contributed by atoms with Crippen LogP contribution in [0.1, 0.15) is 66.8 Å². The molecule has 0 N–H and O–H groups in total. The largest absolute Gasteiger partial charge is 0.310 e. The molecule has 9 heterocycles. The Morgan fingerprint density at radius 1 is 0.163 bits per heavy atom. The first-order chi connectivity index (χ1) is 70.0. The zero-order chi connectivity index (χ0) is 92.1. The Morgan fingerprint density at radius 2 is 0.362 bits per heavy atom. The molecule has 6 aromatic heterocycles. The van der Waals surface area contributed by atoms with Crippen molar-refractivity contribution in [2.45, 2.75) is 16.2 Å². The summed E-state index contributed by atoms with van der Waals surface area (Å²) in [7, 11) is 0. The monoisotopic (exact) mass is 1790 g/mol. The van der Waals surface area contributed by atoms with Crippen molar-refractivity contribution in [3.8, 4) is 85.0 Å². The van der Waals surface area contributed by atoms with Crippen LogP contribution < -0.4 is 14.7 Å². The van der Waals surface area contributed by atoms with Crippen LogP contribution in [-0.4, -0.2) is 43.6 Å². The fourth-order valence-corrected chi connectivity index (χ4v) is 25.9. The number of rotatable bonds is 9. The molecule has 0 saturated carbocycles. The van der Waals surface area contributed by atoms with Gasteiger partial charge < -0.3 is 14.7 Å². The summed E-state index contributed by atoms with van der Waals surface area (Å²) in [4.78, 5) is 40.3. The molecule has 0 bridgehead atoms. The average Bonchev–Trinajstić information content (AvgIpc) is 1.54. The first-order valence-electron chi connectivity index (χ1n) is 48.3. The highest BCUT2D eigenvalue weighted by atomic mass is 15.2. The third-order valence-corrected chi connectivity index (χ3v) is 31.2. The molecule has 0 fully saturated rings. The lowest BCUT2D eigenvalue weighted by Gasteiger charge is -2.45. The van der Waals surface area contributed by atoms with Crippen molar-refractivity contribution in [1.82, 2.24) is 43.6 Å². The standard InChI is InChI=1S/C129H78N12/c1-10-40-97-85(31-1)86-32-2-11-41-98(86)127(97)103-46-16-25-55-115(103)136(116-56-26-17-47-104(116)127)82-61-64-112-94(76-82)91-37-7-22-52-109(91)139(112)121-67-70-130-124(133-121)79-73-80(125-131-71-68-122(134-125)140-110-53-23-8-38-92(110)95-77-83(62-65-113(95)140)137-117-57-27-18-48-105(117)128(106-49-19-28-58-118(106)137)99-42-12-3-33-87(99)88-34-4-13-43-100(88)128)75-81(74-79)126-132-72-69-123(135-126)141-111-54-24-9-39-93(111)96-78-84(63-66-114(96)141)138-119-59-29-20-50-107(119)129(108-51-21-30-60-120(108)138)101-44-14-5-35-89(101)90-36-6-15-45-102(90)129/h1-78H. The van der Waals surface area contributed by atoms with Gasteiger partial charge in [-0.15, -0.1) is 0 Å². The van der Waals surface area contributed by atoms with Crippen molar-refractivity contribution in [3.05, 3.63) is 540 Å². The number of hydrogen-bond donors (Lipinski definition) is 0. The number of fused-ring (bicyclic) bond motifs is 36. The van der Waals surface area contributed by atoms with Crippen molar-refractivity contribution < 1.29 is 0 Å². The lowest BCUT2D eigenvalue weighted by Crippen LogP contribution is -2.36. The number of para-hydroxylation sites is 9. The van der Waals surface area contributed by atoms with Crippen LogP contribution >= 0.6 is 0 Å². The van der Waals surface area contributed by atoms with Crippen LogP contribution in [-0.2, 0) is 16.2 Å². The molecule has 3 aliphatic carbocycles. The predicted octanol–water partition coefficient (Wildman–Crippen LogP) is 30.8. The molecule has 0 atom stereocenters. The Hall–Kier alpha value is -18.8. The van der Waals surface area contributed by atoms with E-state index in [0.29, 0.717) is 34.9 Å². The second kappa shape index (κ2) is 29.1. The van der Waals surface area contributed by atoms with Crippen LogP contribution in [0.5, 0.6) is 0 Å². The molecule has 0 saturated heterocycles. The quantitative estimate of drug-likeness (QED) is 0.140. The van der Waals surface area contributed by atoms with E-state index < -0.39 is 16.2 Å². The molecule has 0 radical (unpaired) electrons. The van der Waals surface area contributed by atoms with Crippen molar-refractivity contribution in [2.75, 3.05) is 14.7 Å². The molecule has 25 aromatic rings. The van der Waals surface area contributed by atoms with Gasteiger partial charge in [-0.1, -0.05) is 309 Å². The number of aromatic nitrogens is 9. The van der Waals surface area contributed by atoms with Gasteiger partial charge in [0.05, 0.1) is 83.5 Å². The van der Waals surface area contributed by atoms with E-state index >= 15 is 0 Å². The van der Waals surface area contributed by atoms with E-state index in [1.807, 2.05) is 36.8 Å². The summed E-state index contributed by atoms with van der Waals surface area (Å²) < 4.78 is 6.86. The van der Waals surface area contributed by atoms with Gasteiger partial charge in [-0.2, -0.15) is 0 Å². The van der Waals surface area contributed by atoms with E-state index in [4.69, 9.17) is 29.9 Å². The van der Waals surface area contributed by atoms with Crippen LogP contribution in [0.15, 0.2) is 474 Å². The molecule has 654 valence electrons. The first kappa shape index (κ1) is 77.5. The van der Waals surface area contributed by atoms with Gasteiger partial charge in [0, 0.05) is 84.7 Å². The second-order valence-corrected chi connectivity index (χ2v) is 37.8. The van der Waals surface area contributed by atoms with Crippen LogP contribution in [0.2, 0.25) is 0 Å². The maximum Gasteiger partial charge on any atom is 0.161 e. The fraction of sp³-hybridized carbons (Fsp3) is 0.0233. The molecule has 3 aliphatic heterocycles. The third kappa shape index (κ3) is 10.4. The van der Waals surface area contributed by atoms with E-state index in [1.165, 1.54) is 100 Å². The van der Waals surface area contributed by atoms with Crippen molar-refractivity contribution >= 4 is 117 Å². The molecule has 31 rings (SSSR count). The van der Waals surface area contributed by atoms with Crippen LogP contribution in [0.4, 0.5) is 51.2 Å². The molecule has 19 aromatic carbocycles. The first-order valence-corrected chi connectivity index (χ1v) is 48.3. The highest BCUT2D eigenvalue weighted by Gasteiger charge is 2.55. The lowest BCUT2D eigenvalue weighted by molar-refractivity contribution is 0.752. The molecular weight excluding hydrogens is 1720 g/mol. The summed E-state index contributed by atoms with van der Waals surface area (Å²) in [6, 6.07) is 167. The maximum atomic E-state index is 5.71. The Balaban J connectivity index is 0.555. The summed E-state index contributed by atoms with van der Waals surface area (Å²) in [6.45, 7) is 0. The molecule has 0 amide bonds. The van der Waals surface area contributed by atoms with Crippen molar-refractivity contribution in [3.63, 3.8) is 0 Å². The minimum absolute atomic E-state index is 0.492. The third-order valence-electron chi connectivity index (χ3n) is 31.2. The van der Waals surface area contributed by atoms with Crippen molar-refractivity contribution in [1.29, 1.82) is 0 Å². The van der Waals surface area contributed by atoms with Gasteiger partial charge in [0.2, 0.25) is 0 Å². The number of nitrogens with zero attached hydrogens (tertiary/aromatic N) is 12. The minimum atomic E-state index is -0.543. The predicted molar refractivity (Wildman–Crippen MR) is 569 cm³/mol. The summed E-state index contributed by atoms with van der Waals surface area (Å²) in [5, 5.41) is 6.55. The SMILES string of the molecule is c1ccc2c(c1)-c1ccccc1C21c2ccccc2N(c2ccc3c(c2)c2ccccc2n3-c2ccnc(-c3cc(-c4nccc(-n5c6ccccc6c6cc(N7c8ccccc8C8(c9ccccc9-c9ccccc98)c8ccccc87)ccc65)n4)cc(-c4nccc(-n5c6ccccc6c6cc(N7c8ccccc8C8(c9ccccc9-c9ccccc98)c8ccccc87)ccc65)n4)c3)n2)c2ccccc21. The van der Waals surface area contributed by atoms with Crippen LogP contribution in [0.25, 0.3) is 150 Å². The average molecular weight is 1800 g/mol. The van der Waals surface area contributed by atoms with Crippen LogP contribution in [0.3, 0.4) is 0 Å². The van der Waals surface area contributed by atoms with E-state index in [9.17, 15) is 0 Å². The fourth-order valence-electron chi connectivity index (χ4n) is 25.9. The summed E-state index contributed by atoms with van der Waals surface area (Å²) in [5.41, 5.74) is 39.4. The molecule has 3 spiro atoms. The Bertz CT molecular complexity index is 8580. The molecule has 141 heavy (non-hydrogen) atoms. The number of hydrogen-bond acceptors (Lipinski definition) is 9. The maximum absolute atomic E-state index is 5.71. The van der Waals surface area contributed by atoms with Crippen LogP contribution in [0, 0.1) is 0 Å². The summed E-state index contributed by atoms with van der Waals surface area (Å²) in [5.74, 6) is 3.58. The topological polar surface area (TPSA) is 102 Å². The van der Waals surface area contributed by atoms with Gasteiger partial charge in [-0.05, 0) is 246 Å². The van der Waals surface area contributed by atoms with E-state index in [2.05, 4.69) is 465 Å². The second-order valence-electron chi connectivity index (χ2n) is 37.8. The highest BCUT2D eigenvalue weighted by molar-refractivity contribution is 6.15. The summed E-state index contributed by atoms with van der Waals surface area (Å²) >= 11 is 0. The van der Waals surface area contributed by atoms with Gasteiger partial charge in [0.1, 0.15) is 17.5 Å². The van der Waals surface area contributed by atoms with Gasteiger partial charge >= 0.3 is 0 Å². The minimum Gasteiger partial charge on any atom is -0.310 e. The van der Waals surface area contributed by atoms with Crippen molar-refractivity contribution in [2.24, 2.45) is 0 Å². The van der Waals surface area contributed by atoms with Gasteiger partial charge in [0.15, 0.2) is 17.5 Å². The highest BCUT2D eigenvalue weighted by Crippen LogP contribution is 2.68. The Labute approximate surface area is 810 Å². The molecule has 6 aliphatic rings. The molecule has 0 unspecified atom stereocenters. The zero-order valence-electron chi connectivity index (χ0n) is 75.9. The Morgan fingerprint density at radius 3 is 0.603 bits per heavy atom. The lowest BCUT2D eigenvalue weighted by atomic mass is 9.64. The van der Waals surface area contributed by atoms with E-state index in [1.54, 1.807) is 0 Å². The molecule has 12 nitrogen and oxygen atoms in total. The molecule has 12 heteroatoms. The van der Waals surface area contributed by atoms with E-state index in [-0.39, 0.29) is 0 Å². The zero-order valence-corrected chi connectivity index (χ0v) is 75.9. The summed E-state index contributed by atoms with van der Waals surface area (Å²) in [6.07, 6.45) is 5.64. The smallest absolute Gasteiger partial charge is 0.161 e. The number of anilines is 9.